The second-order valence-corrected chi connectivity index (χ2v) is 27.0. The molecule has 4 heterocycles. The maximum Gasteiger partial charge on any atom is 0.168 e. The van der Waals surface area contributed by atoms with Crippen molar-refractivity contribution in [3.8, 4) is 200 Å². The summed E-state index contributed by atoms with van der Waals surface area (Å²) in [6.45, 7) is 9.96. The van der Waals surface area contributed by atoms with E-state index in [1.54, 1.807) is 71.9 Å². The molecule has 12 aromatic carbocycles. The standard InChI is InChI=1S/2C24H21N3O3.C24H21N3O2.C23H19N3O3/c1-15-4-6-16(7-5-15)22-25-23(17-8-10-18(29-2)11-9-17)27-24(26-22)20-13-12-19(30-3)14-21(20)28;1-15-7-9-16(10-8-15)22-25-23(17-11-13-18(29-2)14-12-17)27-24(26-22)19-5-4-6-20(30-3)21(19)28;1-15-7-9-17(10-8-15)22-25-23(18-11-13-19(29-3)14-12-18)27-24(26-22)20-6-4-5-16(2)21(20)28;1-14-3-5-15(6-4-14)21-24-22(16-7-10-18(29-2)11-8-16)26-23(25-21)19-12-9-17(27)13-20(19)28/h2*4-14,28H,1-3H3;4-14,28H,1-3H3;3-13,27-28H,1-2H3. The van der Waals surface area contributed by atoms with Crippen molar-refractivity contribution >= 4 is 0 Å². The lowest BCUT2D eigenvalue weighted by Gasteiger charge is -2.11. The molecule has 0 fully saturated rings. The summed E-state index contributed by atoms with van der Waals surface area (Å²) in [4.78, 5) is 55.6. The first-order valence-corrected chi connectivity index (χ1v) is 37.2. The number of para-hydroxylation sites is 2. The smallest absolute Gasteiger partial charge is 0.168 e. The van der Waals surface area contributed by atoms with E-state index in [0.717, 1.165) is 95.3 Å². The summed E-state index contributed by atoms with van der Waals surface area (Å²) in [5, 5.41) is 51.6. The van der Waals surface area contributed by atoms with Crippen LogP contribution < -0.4 is 28.4 Å². The third kappa shape index (κ3) is 19.4. The molecule has 4 aromatic heterocycles. The van der Waals surface area contributed by atoms with Gasteiger partial charge in [-0.2, -0.15) is 0 Å². The topological polar surface area (TPSA) is 311 Å². The second-order valence-electron chi connectivity index (χ2n) is 27.0. The Kier molecular flexibility index (Phi) is 25.2. The molecule has 0 saturated heterocycles. The van der Waals surface area contributed by atoms with Gasteiger partial charge in [0.25, 0.3) is 0 Å². The molecule has 0 atom stereocenters. The first kappa shape index (κ1) is 80.5. The number of methoxy groups -OCH3 is 6. The minimum absolute atomic E-state index is 0.0123. The molecule has 5 N–H and O–H groups in total. The summed E-state index contributed by atoms with van der Waals surface area (Å²) in [5.41, 5.74) is 14.1. The normalized spacial score (nSPS) is 10.7. The molecular formula is C95H82N12O11. The Morgan fingerprint density at radius 2 is 0.441 bits per heavy atom. The molecule has 16 rings (SSSR count). The van der Waals surface area contributed by atoms with Gasteiger partial charge < -0.3 is 54.0 Å². The average Bonchev–Trinajstić information content (AvgIpc) is 0.809. The quantitative estimate of drug-likeness (QED) is 0.0533. The van der Waals surface area contributed by atoms with E-state index in [2.05, 4.69) is 54.8 Å². The Morgan fingerprint density at radius 1 is 0.203 bits per heavy atom. The third-order valence-electron chi connectivity index (χ3n) is 18.8. The molecule has 0 spiro atoms. The molecule has 0 aliphatic carbocycles. The van der Waals surface area contributed by atoms with Gasteiger partial charge in [0.05, 0.1) is 64.9 Å². The third-order valence-corrected chi connectivity index (χ3v) is 18.8. The van der Waals surface area contributed by atoms with Gasteiger partial charge in [-0.15, -0.1) is 0 Å². The predicted molar refractivity (Wildman–Crippen MR) is 456 cm³/mol. The molecule has 23 heteroatoms. The van der Waals surface area contributed by atoms with E-state index in [-0.39, 0.29) is 28.7 Å². The van der Waals surface area contributed by atoms with E-state index in [1.807, 2.05) is 247 Å². The number of aromatic hydroxyl groups is 5. The largest absolute Gasteiger partial charge is 0.508 e. The van der Waals surface area contributed by atoms with E-state index < -0.39 is 0 Å². The molecule has 23 nitrogen and oxygen atoms in total. The number of benzene rings is 12. The summed E-state index contributed by atoms with van der Waals surface area (Å²) >= 11 is 0. The van der Waals surface area contributed by atoms with Gasteiger partial charge in [0.1, 0.15) is 51.7 Å². The number of phenolic OH excluding ortho intramolecular Hbond substituents is 5. The number of ether oxygens (including phenoxy) is 6. The minimum Gasteiger partial charge on any atom is -0.508 e. The van der Waals surface area contributed by atoms with Crippen LogP contribution in [-0.2, 0) is 0 Å². The number of hydrogen-bond donors (Lipinski definition) is 5. The SMILES string of the molecule is COc1ccc(-c2nc(-c3ccc(C)cc3)nc(-c3ccc(O)cc3O)n2)cc1.COc1ccc(-c2nc(-c3ccc(C)cc3)nc(-c3ccc(OC)cc3O)n2)cc1.COc1ccc(-c2nc(-c3ccc(C)cc3)nc(-c3cccc(C)c3O)n2)cc1.COc1ccc(-c2nc(-c3ccc(C)cc3)nc(-c3cccc(OC)c3O)n2)cc1. The van der Waals surface area contributed by atoms with E-state index in [1.165, 1.54) is 25.3 Å². The lowest BCUT2D eigenvalue weighted by atomic mass is 10.1. The Morgan fingerprint density at radius 3 is 0.712 bits per heavy atom. The van der Waals surface area contributed by atoms with Crippen LogP contribution in [0.4, 0.5) is 0 Å². The van der Waals surface area contributed by atoms with Crippen LogP contribution in [-0.4, -0.2) is 128 Å². The van der Waals surface area contributed by atoms with Crippen LogP contribution in [0.1, 0.15) is 27.8 Å². The molecule has 0 amide bonds. The van der Waals surface area contributed by atoms with Gasteiger partial charge in [-0.1, -0.05) is 138 Å². The number of aromatic nitrogens is 12. The molecule has 118 heavy (non-hydrogen) atoms. The molecule has 0 aliphatic rings. The van der Waals surface area contributed by atoms with Crippen LogP contribution in [0.3, 0.4) is 0 Å². The highest BCUT2D eigenvalue weighted by atomic mass is 16.5. The van der Waals surface area contributed by atoms with Crippen LogP contribution in [0.15, 0.2) is 267 Å². The van der Waals surface area contributed by atoms with Gasteiger partial charge >= 0.3 is 0 Å². The van der Waals surface area contributed by atoms with Crippen molar-refractivity contribution in [2.45, 2.75) is 34.6 Å². The van der Waals surface area contributed by atoms with Crippen LogP contribution >= 0.6 is 0 Å². The first-order chi connectivity index (χ1) is 57.2. The van der Waals surface area contributed by atoms with Crippen molar-refractivity contribution in [3.05, 3.63) is 295 Å². The maximum absolute atomic E-state index is 10.6. The zero-order valence-corrected chi connectivity index (χ0v) is 66.5. The minimum atomic E-state index is -0.105. The van der Waals surface area contributed by atoms with Crippen LogP contribution in [0.5, 0.6) is 63.2 Å². The summed E-state index contributed by atoms with van der Waals surface area (Å²) in [5.74, 6) is 9.58. The zero-order chi connectivity index (χ0) is 82.9. The average molecular weight is 1570 g/mol. The molecule has 16 aromatic rings. The molecule has 588 valence electrons. The van der Waals surface area contributed by atoms with Gasteiger partial charge in [0, 0.05) is 56.6 Å². The van der Waals surface area contributed by atoms with Crippen molar-refractivity contribution < 1.29 is 54.0 Å². The predicted octanol–water partition coefficient (Wildman–Crippen LogP) is 19.6. The van der Waals surface area contributed by atoms with Gasteiger partial charge in [0.15, 0.2) is 81.4 Å². The summed E-state index contributed by atoms with van der Waals surface area (Å²) in [6, 6.07) is 81.9. The summed E-state index contributed by atoms with van der Waals surface area (Å²) < 4.78 is 31.4. The summed E-state index contributed by atoms with van der Waals surface area (Å²) in [7, 11) is 9.54. The first-order valence-electron chi connectivity index (χ1n) is 37.2. The fourth-order valence-electron chi connectivity index (χ4n) is 12.0. The highest BCUT2D eigenvalue weighted by Crippen LogP contribution is 2.40. The summed E-state index contributed by atoms with van der Waals surface area (Å²) in [6.07, 6.45) is 0. The van der Waals surface area contributed by atoms with Gasteiger partial charge in [0.2, 0.25) is 0 Å². The molecular weight excluding hydrogens is 1490 g/mol. The van der Waals surface area contributed by atoms with Crippen molar-refractivity contribution in [3.63, 3.8) is 0 Å². The molecule has 0 aliphatic heterocycles. The molecule has 0 saturated carbocycles. The highest BCUT2D eigenvalue weighted by molar-refractivity contribution is 5.76. The maximum atomic E-state index is 10.6. The van der Waals surface area contributed by atoms with E-state index in [9.17, 15) is 25.5 Å². The monoisotopic (exact) mass is 1570 g/mol. The van der Waals surface area contributed by atoms with Gasteiger partial charge in [-0.25, -0.2) is 59.8 Å². The van der Waals surface area contributed by atoms with Crippen LogP contribution in [0, 0.1) is 34.6 Å². The highest BCUT2D eigenvalue weighted by Gasteiger charge is 2.22. The van der Waals surface area contributed by atoms with E-state index in [4.69, 9.17) is 33.4 Å². The van der Waals surface area contributed by atoms with Crippen LogP contribution in [0.2, 0.25) is 0 Å². The van der Waals surface area contributed by atoms with E-state index in [0.29, 0.717) is 104 Å². The fourth-order valence-corrected chi connectivity index (χ4v) is 12.0. The number of phenols is 5. The lowest BCUT2D eigenvalue weighted by molar-refractivity contribution is 0.374. The lowest BCUT2D eigenvalue weighted by Crippen LogP contribution is -2.00. The number of rotatable bonds is 18. The van der Waals surface area contributed by atoms with Gasteiger partial charge in [-0.3, -0.25) is 0 Å². The van der Waals surface area contributed by atoms with Crippen LogP contribution in [0.25, 0.3) is 137 Å². The Bertz CT molecular complexity index is 6170. The number of nitrogens with zero attached hydrogens (tertiary/aromatic N) is 12. The van der Waals surface area contributed by atoms with Gasteiger partial charge in [-0.05, 0) is 180 Å². The number of hydrogen-bond acceptors (Lipinski definition) is 23. The zero-order valence-electron chi connectivity index (χ0n) is 66.5. The Labute approximate surface area is 682 Å². The molecule has 0 unspecified atom stereocenters. The molecule has 0 radical (unpaired) electrons. The molecule has 0 bridgehead atoms. The fraction of sp³-hybridized carbons (Fsp3) is 0.116. The van der Waals surface area contributed by atoms with Crippen molar-refractivity contribution in [1.82, 2.24) is 59.8 Å². The Balaban J connectivity index is 0.000000136. The van der Waals surface area contributed by atoms with Crippen molar-refractivity contribution in [1.29, 1.82) is 0 Å². The number of aryl methyl sites for hydroxylation is 5. The van der Waals surface area contributed by atoms with E-state index >= 15 is 0 Å². The van der Waals surface area contributed by atoms with Crippen molar-refractivity contribution in [2.24, 2.45) is 0 Å². The second kappa shape index (κ2) is 37.0. The Hall–Kier alpha value is -15.5. The van der Waals surface area contributed by atoms with Crippen molar-refractivity contribution in [2.75, 3.05) is 42.7 Å².